The standard InChI is InChI=1S/C8H8F3NO/c1-12-13-7-4-2-6(3-5-7)8(9,10)11/h2-5,12H,1H3. The van der Waals surface area contributed by atoms with Crippen LogP contribution in [0.1, 0.15) is 5.56 Å². The van der Waals surface area contributed by atoms with E-state index < -0.39 is 11.7 Å². The topological polar surface area (TPSA) is 21.3 Å². The molecule has 2 nitrogen and oxygen atoms in total. The van der Waals surface area contributed by atoms with E-state index in [0.29, 0.717) is 5.75 Å². The lowest BCUT2D eigenvalue weighted by atomic mass is 10.2. The highest BCUT2D eigenvalue weighted by Crippen LogP contribution is 2.29. The van der Waals surface area contributed by atoms with Gasteiger partial charge in [0.05, 0.1) is 5.56 Å². The van der Waals surface area contributed by atoms with Crippen LogP contribution in [-0.2, 0) is 6.18 Å². The summed E-state index contributed by atoms with van der Waals surface area (Å²) in [7, 11) is 1.53. The summed E-state index contributed by atoms with van der Waals surface area (Å²) in [6.07, 6.45) is -4.29. The molecular weight excluding hydrogens is 183 g/mol. The molecule has 0 heterocycles. The number of benzene rings is 1. The monoisotopic (exact) mass is 191 g/mol. The molecule has 0 amide bonds. The van der Waals surface area contributed by atoms with Crippen LogP contribution in [0.15, 0.2) is 24.3 Å². The average Bonchev–Trinajstić information content (AvgIpc) is 2.04. The molecular formula is C8H8F3NO. The molecule has 0 aromatic heterocycles. The molecule has 0 aliphatic carbocycles. The first-order chi connectivity index (χ1) is 6.04. The van der Waals surface area contributed by atoms with Crippen molar-refractivity contribution in [2.45, 2.75) is 6.18 Å². The van der Waals surface area contributed by atoms with Crippen LogP contribution in [0.4, 0.5) is 13.2 Å². The molecule has 0 aliphatic heterocycles. The van der Waals surface area contributed by atoms with Gasteiger partial charge in [-0.3, -0.25) is 0 Å². The first-order valence-corrected chi connectivity index (χ1v) is 3.55. The van der Waals surface area contributed by atoms with Crippen LogP contribution in [0.3, 0.4) is 0 Å². The third kappa shape index (κ3) is 2.62. The molecule has 0 atom stereocenters. The summed E-state index contributed by atoms with van der Waals surface area (Å²) < 4.78 is 36.1. The Kier molecular flexibility index (Phi) is 2.77. The van der Waals surface area contributed by atoms with E-state index in [1.54, 1.807) is 0 Å². The second kappa shape index (κ2) is 3.66. The van der Waals surface area contributed by atoms with Gasteiger partial charge in [0.25, 0.3) is 0 Å². The molecule has 1 aromatic rings. The Balaban J connectivity index is 2.81. The van der Waals surface area contributed by atoms with Crippen LogP contribution in [-0.4, -0.2) is 7.05 Å². The normalized spacial score (nSPS) is 11.4. The van der Waals surface area contributed by atoms with Crippen LogP contribution in [0.25, 0.3) is 0 Å². The van der Waals surface area contributed by atoms with E-state index in [-0.39, 0.29) is 0 Å². The smallest absolute Gasteiger partial charge is 0.409 e. The molecule has 0 unspecified atom stereocenters. The molecule has 0 saturated carbocycles. The third-order valence-electron chi connectivity index (χ3n) is 1.40. The molecule has 0 saturated heterocycles. The highest BCUT2D eigenvalue weighted by molar-refractivity contribution is 5.28. The Morgan fingerprint density at radius 1 is 1.15 bits per heavy atom. The molecule has 1 N–H and O–H groups in total. The molecule has 1 rings (SSSR count). The third-order valence-corrected chi connectivity index (χ3v) is 1.40. The molecule has 0 bridgehead atoms. The Morgan fingerprint density at radius 2 is 1.69 bits per heavy atom. The molecule has 0 fully saturated rings. The van der Waals surface area contributed by atoms with Crippen LogP contribution in [0.5, 0.6) is 5.75 Å². The molecule has 13 heavy (non-hydrogen) atoms. The van der Waals surface area contributed by atoms with Gasteiger partial charge in [0, 0.05) is 7.05 Å². The Hall–Kier alpha value is -1.23. The lowest BCUT2D eigenvalue weighted by Gasteiger charge is -2.07. The van der Waals surface area contributed by atoms with Gasteiger partial charge < -0.3 is 4.84 Å². The van der Waals surface area contributed by atoms with Crippen molar-refractivity contribution >= 4 is 0 Å². The van der Waals surface area contributed by atoms with Crippen molar-refractivity contribution in [2.24, 2.45) is 0 Å². The fraction of sp³-hybridized carbons (Fsp3) is 0.250. The number of hydroxylamine groups is 1. The van der Waals surface area contributed by atoms with Crippen molar-refractivity contribution in [1.29, 1.82) is 0 Å². The van der Waals surface area contributed by atoms with Gasteiger partial charge in [-0.05, 0) is 24.3 Å². The number of rotatable bonds is 2. The fourth-order valence-corrected chi connectivity index (χ4v) is 0.830. The number of halogens is 3. The van der Waals surface area contributed by atoms with Gasteiger partial charge in [0.2, 0.25) is 0 Å². The minimum Gasteiger partial charge on any atom is -0.409 e. The Morgan fingerprint density at radius 3 is 2.08 bits per heavy atom. The van der Waals surface area contributed by atoms with Crippen molar-refractivity contribution in [3.63, 3.8) is 0 Å². The minimum absolute atomic E-state index is 0.343. The number of hydrogen-bond donors (Lipinski definition) is 1. The van der Waals surface area contributed by atoms with Crippen molar-refractivity contribution in [3.8, 4) is 5.75 Å². The van der Waals surface area contributed by atoms with Gasteiger partial charge in [0.15, 0.2) is 0 Å². The predicted octanol–water partition coefficient (Wildman–Crippen LogP) is 2.22. The van der Waals surface area contributed by atoms with Crippen LogP contribution >= 0.6 is 0 Å². The zero-order valence-electron chi connectivity index (χ0n) is 6.85. The molecule has 72 valence electrons. The molecule has 1 aromatic carbocycles. The van der Waals surface area contributed by atoms with Crippen molar-refractivity contribution < 1.29 is 18.0 Å². The molecule has 0 radical (unpaired) electrons. The van der Waals surface area contributed by atoms with Gasteiger partial charge in [-0.25, -0.2) is 0 Å². The van der Waals surface area contributed by atoms with Crippen molar-refractivity contribution in [1.82, 2.24) is 5.48 Å². The maximum Gasteiger partial charge on any atom is 0.416 e. The minimum atomic E-state index is -4.29. The number of nitrogens with one attached hydrogen (secondary N) is 1. The first kappa shape index (κ1) is 9.85. The summed E-state index contributed by atoms with van der Waals surface area (Å²) in [4.78, 5) is 4.76. The maximum atomic E-state index is 12.0. The Bertz CT molecular complexity index is 268. The highest BCUT2D eigenvalue weighted by atomic mass is 19.4. The number of hydrogen-bond acceptors (Lipinski definition) is 2. The average molecular weight is 191 g/mol. The summed E-state index contributed by atoms with van der Waals surface area (Å²) in [6.45, 7) is 0. The van der Waals surface area contributed by atoms with E-state index in [4.69, 9.17) is 4.84 Å². The molecule has 0 spiro atoms. The second-order valence-electron chi connectivity index (χ2n) is 2.33. The van der Waals surface area contributed by atoms with Crippen molar-refractivity contribution in [3.05, 3.63) is 29.8 Å². The van der Waals surface area contributed by atoms with E-state index >= 15 is 0 Å². The van der Waals surface area contributed by atoms with E-state index in [9.17, 15) is 13.2 Å². The highest BCUT2D eigenvalue weighted by Gasteiger charge is 2.29. The van der Waals surface area contributed by atoms with Crippen LogP contribution < -0.4 is 10.3 Å². The largest absolute Gasteiger partial charge is 0.416 e. The van der Waals surface area contributed by atoms with E-state index in [1.165, 1.54) is 19.2 Å². The van der Waals surface area contributed by atoms with Crippen molar-refractivity contribution in [2.75, 3.05) is 7.05 Å². The van der Waals surface area contributed by atoms with Gasteiger partial charge in [-0.1, -0.05) is 0 Å². The van der Waals surface area contributed by atoms with Gasteiger partial charge in [-0.15, -0.1) is 0 Å². The van der Waals surface area contributed by atoms with Gasteiger partial charge in [-0.2, -0.15) is 18.7 Å². The zero-order valence-corrected chi connectivity index (χ0v) is 6.85. The lowest BCUT2D eigenvalue weighted by Crippen LogP contribution is -2.11. The summed E-state index contributed by atoms with van der Waals surface area (Å²) >= 11 is 0. The number of alkyl halides is 3. The van der Waals surface area contributed by atoms with E-state index in [0.717, 1.165) is 12.1 Å². The second-order valence-corrected chi connectivity index (χ2v) is 2.33. The first-order valence-electron chi connectivity index (χ1n) is 3.55. The Labute approximate surface area is 73.3 Å². The predicted molar refractivity (Wildman–Crippen MR) is 41.1 cm³/mol. The molecule has 5 heteroatoms. The van der Waals surface area contributed by atoms with E-state index in [2.05, 4.69) is 5.48 Å². The summed E-state index contributed by atoms with van der Waals surface area (Å²) in [5.74, 6) is 0.343. The summed E-state index contributed by atoms with van der Waals surface area (Å²) in [6, 6.07) is 4.43. The zero-order chi connectivity index (χ0) is 9.90. The van der Waals surface area contributed by atoms with E-state index in [1.807, 2.05) is 0 Å². The summed E-state index contributed by atoms with van der Waals surface area (Å²) in [5.41, 5.74) is 1.68. The van der Waals surface area contributed by atoms with Crippen LogP contribution in [0.2, 0.25) is 0 Å². The quantitative estimate of drug-likeness (QED) is 0.723. The van der Waals surface area contributed by atoms with Gasteiger partial charge in [0.1, 0.15) is 5.75 Å². The summed E-state index contributed by atoms with van der Waals surface area (Å²) in [5, 5.41) is 0. The van der Waals surface area contributed by atoms with Gasteiger partial charge >= 0.3 is 6.18 Å². The lowest BCUT2D eigenvalue weighted by molar-refractivity contribution is -0.137. The maximum absolute atomic E-state index is 12.0. The molecule has 0 aliphatic rings. The SMILES string of the molecule is CNOc1ccc(C(F)(F)F)cc1. The fourth-order valence-electron chi connectivity index (χ4n) is 0.830. The van der Waals surface area contributed by atoms with Crippen LogP contribution in [0, 0.1) is 0 Å².